The van der Waals surface area contributed by atoms with Crippen molar-refractivity contribution in [3.05, 3.63) is 54.6 Å². The maximum Gasteiger partial charge on any atom is 0.321 e. The third-order valence-corrected chi connectivity index (χ3v) is 4.76. The summed E-state index contributed by atoms with van der Waals surface area (Å²) in [5.74, 6) is -0.314. The molecule has 0 aliphatic rings. The normalized spacial score (nSPS) is 11.2. The number of carbonyl (C=O) groups excluding carboxylic acids is 2. The number of carbonyl (C=O) groups is 2. The number of amides is 3. The quantitative estimate of drug-likeness (QED) is 0.653. The number of thioether (sulfide) groups is 1. The van der Waals surface area contributed by atoms with Crippen LogP contribution in [-0.2, 0) is 4.79 Å². The Morgan fingerprint density at radius 2 is 1.57 bits per heavy atom. The number of hydrogen-bond acceptors (Lipinski definition) is 5. The van der Waals surface area contributed by atoms with E-state index in [0.29, 0.717) is 5.03 Å². The van der Waals surface area contributed by atoms with Crippen molar-refractivity contribution in [1.82, 2.24) is 20.8 Å². The van der Waals surface area contributed by atoms with Crippen LogP contribution in [0.15, 0.2) is 59.6 Å². The standard InChI is InChI=1S/C21H22N4O2S/c1-21(2,3)23-20(27)22-17(26)13-28-19-16-12-8-7-11-15(16)18(24-25-19)14-9-5-4-6-10-14/h4-12H,13H2,1-3H3,(H2,22,23,26,27). The molecule has 0 unspecified atom stereocenters. The van der Waals surface area contributed by atoms with Gasteiger partial charge < -0.3 is 5.32 Å². The van der Waals surface area contributed by atoms with Crippen LogP contribution >= 0.6 is 11.8 Å². The van der Waals surface area contributed by atoms with Crippen LogP contribution in [0.25, 0.3) is 22.0 Å². The van der Waals surface area contributed by atoms with Gasteiger partial charge in [0.15, 0.2) is 0 Å². The molecule has 0 spiro atoms. The lowest BCUT2D eigenvalue weighted by Gasteiger charge is -2.20. The number of rotatable bonds is 4. The molecule has 3 rings (SSSR count). The van der Waals surface area contributed by atoms with Crippen LogP contribution in [0.2, 0.25) is 0 Å². The number of benzene rings is 2. The topological polar surface area (TPSA) is 84.0 Å². The van der Waals surface area contributed by atoms with Crippen molar-refractivity contribution < 1.29 is 9.59 Å². The summed E-state index contributed by atoms with van der Waals surface area (Å²) < 4.78 is 0. The van der Waals surface area contributed by atoms with E-state index < -0.39 is 11.6 Å². The fourth-order valence-electron chi connectivity index (χ4n) is 2.66. The number of urea groups is 1. The minimum atomic E-state index is -0.506. The Morgan fingerprint density at radius 1 is 0.929 bits per heavy atom. The Hall–Kier alpha value is -2.93. The smallest absolute Gasteiger partial charge is 0.321 e. The summed E-state index contributed by atoms with van der Waals surface area (Å²) in [6.07, 6.45) is 0. The minimum absolute atomic E-state index is 0.0704. The highest BCUT2D eigenvalue weighted by Gasteiger charge is 2.17. The third-order valence-electron chi connectivity index (χ3n) is 3.78. The van der Waals surface area contributed by atoms with Gasteiger partial charge in [0.25, 0.3) is 0 Å². The van der Waals surface area contributed by atoms with E-state index in [9.17, 15) is 9.59 Å². The maximum absolute atomic E-state index is 12.1. The van der Waals surface area contributed by atoms with Crippen molar-refractivity contribution in [2.75, 3.05) is 5.75 Å². The lowest BCUT2D eigenvalue weighted by atomic mass is 10.1. The van der Waals surface area contributed by atoms with Crippen LogP contribution in [0.3, 0.4) is 0 Å². The highest BCUT2D eigenvalue weighted by atomic mass is 32.2. The first-order valence-electron chi connectivity index (χ1n) is 8.89. The summed E-state index contributed by atoms with van der Waals surface area (Å²) in [7, 11) is 0. The Balaban J connectivity index is 1.76. The Labute approximate surface area is 168 Å². The van der Waals surface area contributed by atoms with E-state index >= 15 is 0 Å². The van der Waals surface area contributed by atoms with Gasteiger partial charge >= 0.3 is 6.03 Å². The van der Waals surface area contributed by atoms with Gasteiger partial charge in [-0.1, -0.05) is 66.4 Å². The van der Waals surface area contributed by atoms with Crippen LogP contribution in [0, 0.1) is 0 Å². The first kappa shape index (κ1) is 19.8. The molecule has 7 heteroatoms. The van der Waals surface area contributed by atoms with E-state index in [-0.39, 0.29) is 11.7 Å². The Bertz CT molecular complexity index is 1000. The van der Waals surface area contributed by atoms with E-state index in [1.165, 1.54) is 11.8 Å². The summed E-state index contributed by atoms with van der Waals surface area (Å²) in [6, 6.07) is 17.2. The molecule has 0 saturated carbocycles. The minimum Gasteiger partial charge on any atom is -0.333 e. The number of nitrogens with one attached hydrogen (secondary N) is 2. The monoisotopic (exact) mass is 394 g/mol. The molecule has 1 aromatic heterocycles. The molecule has 3 aromatic rings. The Kier molecular flexibility index (Phi) is 5.94. The second-order valence-corrected chi connectivity index (χ2v) is 8.27. The van der Waals surface area contributed by atoms with Gasteiger partial charge in [-0.25, -0.2) is 4.79 Å². The summed E-state index contributed by atoms with van der Waals surface area (Å²) >= 11 is 1.26. The van der Waals surface area contributed by atoms with E-state index in [2.05, 4.69) is 20.8 Å². The number of nitrogens with zero attached hydrogens (tertiary/aromatic N) is 2. The lowest BCUT2D eigenvalue weighted by molar-refractivity contribution is -0.117. The second-order valence-electron chi connectivity index (χ2n) is 7.31. The van der Waals surface area contributed by atoms with Crippen molar-refractivity contribution in [2.45, 2.75) is 31.3 Å². The molecule has 144 valence electrons. The van der Waals surface area contributed by atoms with Gasteiger partial charge in [-0.05, 0) is 20.8 Å². The highest BCUT2D eigenvalue weighted by molar-refractivity contribution is 8.00. The molecule has 3 amide bonds. The van der Waals surface area contributed by atoms with Gasteiger partial charge in [0, 0.05) is 21.9 Å². The zero-order chi connectivity index (χ0) is 20.1. The zero-order valence-corrected chi connectivity index (χ0v) is 16.8. The second kappa shape index (κ2) is 8.39. The molecular weight excluding hydrogens is 372 g/mol. The zero-order valence-electron chi connectivity index (χ0n) is 16.0. The molecule has 6 nitrogen and oxygen atoms in total. The summed E-state index contributed by atoms with van der Waals surface area (Å²) in [5.41, 5.74) is 1.38. The van der Waals surface area contributed by atoms with E-state index in [0.717, 1.165) is 22.0 Å². The molecule has 0 radical (unpaired) electrons. The molecule has 2 N–H and O–H groups in total. The average molecular weight is 395 g/mol. The summed E-state index contributed by atoms with van der Waals surface area (Å²) in [6.45, 7) is 5.55. The van der Waals surface area contributed by atoms with Gasteiger partial charge in [0.1, 0.15) is 10.7 Å². The van der Waals surface area contributed by atoms with Crippen LogP contribution in [0.1, 0.15) is 20.8 Å². The van der Waals surface area contributed by atoms with E-state index in [4.69, 9.17) is 0 Å². The number of imide groups is 1. The predicted octanol–water partition coefficient (Wildman–Crippen LogP) is 4.01. The first-order valence-corrected chi connectivity index (χ1v) is 9.88. The molecule has 2 aromatic carbocycles. The van der Waals surface area contributed by atoms with Crippen LogP contribution in [-0.4, -0.2) is 33.4 Å². The van der Waals surface area contributed by atoms with E-state index in [1.54, 1.807) is 0 Å². The first-order chi connectivity index (χ1) is 13.3. The van der Waals surface area contributed by atoms with Crippen LogP contribution in [0.4, 0.5) is 4.79 Å². The van der Waals surface area contributed by atoms with Crippen molar-refractivity contribution in [1.29, 1.82) is 0 Å². The molecule has 0 aliphatic heterocycles. The van der Waals surface area contributed by atoms with Gasteiger partial charge in [-0.3, -0.25) is 10.1 Å². The largest absolute Gasteiger partial charge is 0.333 e. The molecule has 0 aliphatic carbocycles. The van der Waals surface area contributed by atoms with Crippen LogP contribution < -0.4 is 10.6 Å². The molecule has 1 heterocycles. The molecule has 0 saturated heterocycles. The number of aromatic nitrogens is 2. The summed E-state index contributed by atoms with van der Waals surface area (Å²) in [4.78, 5) is 23.9. The maximum atomic E-state index is 12.1. The highest BCUT2D eigenvalue weighted by Crippen LogP contribution is 2.31. The molecular formula is C21H22N4O2S. The molecule has 28 heavy (non-hydrogen) atoms. The van der Waals surface area contributed by atoms with Gasteiger partial charge in [0.2, 0.25) is 5.91 Å². The van der Waals surface area contributed by atoms with Crippen LogP contribution in [0.5, 0.6) is 0 Å². The SMILES string of the molecule is CC(C)(C)NC(=O)NC(=O)CSc1nnc(-c2ccccc2)c2ccccc12. The number of hydrogen-bond donors (Lipinski definition) is 2. The molecule has 0 fully saturated rings. The van der Waals surface area contributed by atoms with Crippen molar-refractivity contribution in [3.63, 3.8) is 0 Å². The number of fused-ring (bicyclic) bond motifs is 1. The molecule has 0 bridgehead atoms. The fourth-order valence-corrected chi connectivity index (χ4v) is 3.44. The summed E-state index contributed by atoms with van der Waals surface area (Å²) in [5, 5.41) is 16.3. The van der Waals surface area contributed by atoms with Gasteiger partial charge in [0.05, 0.1) is 5.75 Å². The van der Waals surface area contributed by atoms with Crippen molar-refractivity contribution in [3.8, 4) is 11.3 Å². The van der Waals surface area contributed by atoms with Crippen molar-refractivity contribution in [2.24, 2.45) is 0 Å². The fraction of sp³-hybridized carbons (Fsp3) is 0.238. The van der Waals surface area contributed by atoms with Gasteiger partial charge in [-0.2, -0.15) is 0 Å². The molecule has 0 atom stereocenters. The van der Waals surface area contributed by atoms with Gasteiger partial charge in [-0.15, -0.1) is 10.2 Å². The Morgan fingerprint density at radius 3 is 2.25 bits per heavy atom. The lowest BCUT2D eigenvalue weighted by Crippen LogP contribution is -2.48. The average Bonchev–Trinajstić information content (AvgIpc) is 2.65. The predicted molar refractivity (Wildman–Crippen MR) is 112 cm³/mol. The third kappa shape index (κ3) is 5.07. The van der Waals surface area contributed by atoms with Crippen molar-refractivity contribution >= 4 is 34.5 Å². The van der Waals surface area contributed by atoms with E-state index in [1.807, 2.05) is 75.4 Å².